The van der Waals surface area contributed by atoms with Crippen molar-refractivity contribution >= 4 is 5.97 Å². The fraction of sp³-hybridized carbons (Fsp3) is 0.909. The summed E-state index contributed by atoms with van der Waals surface area (Å²) in [7, 11) is 0. The fourth-order valence-corrected chi connectivity index (χ4v) is 1.29. The van der Waals surface area contributed by atoms with Crippen molar-refractivity contribution in [1.82, 2.24) is 4.90 Å². The van der Waals surface area contributed by atoms with Crippen LogP contribution in [-0.4, -0.2) is 48.8 Å². The lowest BCUT2D eigenvalue weighted by atomic mass is 10.2. The SMILES string of the molecule is CCCN(CCOCC(C)C)CC(=O)O. The summed E-state index contributed by atoms with van der Waals surface area (Å²) < 4.78 is 5.42. The molecule has 0 aromatic carbocycles. The molecular formula is C11H23NO3. The molecule has 0 heterocycles. The first-order valence-electron chi connectivity index (χ1n) is 5.58. The lowest BCUT2D eigenvalue weighted by molar-refractivity contribution is -0.138. The third-order valence-corrected chi connectivity index (χ3v) is 1.90. The van der Waals surface area contributed by atoms with Crippen LogP contribution in [0, 0.1) is 5.92 Å². The molecule has 0 saturated carbocycles. The van der Waals surface area contributed by atoms with Crippen molar-refractivity contribution in [2.45, 2.75) is 27.2 Å². The van der Waals surface area contributed by atoms with Gasteiger partial charge in [-0.1, -0.05) is 20.8 Å². The van der Waals surface area contributed by atoms with Gasteiger partial charge in [-0.05, 0) is 18.9 Å². The average Bonchev–Trinajstić information content (AvgIpc) is 2.11. The number of aliphatic carboxylic acids is 1. The summed E-state index contributed by atoms with van der Waals surface area (Å²) in [5.41, 5.74) is 0. The van der Waals surface area contributed by atoms with Gasteiger partial charge >= 0.3 is 5.97 Å². The van der Waals surface area contributed by atoms with Gasteiger partial charge in [0.15, 0.2) is 0 Å². The van der Waals surface area contributed by atoms with Gasteiger partial charge in [-0.15, -0.1) is 0 Å². The molecule has 0 atom stereocenters. The lowest BCUT2D eigenvalue weighted by Crippen LogP contribution is -2.33. The molecule has 0 aromatic heterocycles. The Bertz CT molecular complexity index is 171. The van der Waals surface area contributed by atoms with Crippen molar-refractivity contribution in [1.29, 1.82) is 0 Å². The van der Waals surface area contributed by atoms with Crippen LogP contribution in [0.1, 0.15) is 27.2 Å². The van der Waals surface area contributed by atoms with Crippen LogP contribution in [-0.2, 0) is 9.53 Å². The van der Waals surface area contributed by atoms with Gasteiger partial charge in [0, 0.05) is 13.2 Å². The van der Waals surface area contributed by atoms with E-state index in [-0.39, 0.29) is 6.54 Å². The summed E-state index contributed by atoms with van der Waals surface area (Å²) in [6, 6.07) is 0. The molecule has 0 rings (SSSR count). The second kappa shape index (κ2) is 8.68. The molecule has 0 unspecified atom stereocenters. The molecule has 15 heavy (non-hydrogen) atoms. The Kier molecular flexibility index (Phi) is 8.33. The summed E-state index contributed by atoms with van der Waals surface area (Å²) >= 11 is 0. The molecule has 0 aliphatic carbocycles. The average molecular weight is 217 g/mol. The third-order valence-electron chi connectivity index (χ3n) is 1.90. The summed E-state index contributed by atoms with van der Waals surface area (Å²) in [6.45, 7) is 9.23. The topological polar surface area (TPSA) is 49.8 Å². The highest BCUT2D eigenvalue weighted by atomic mass is 16.5. The highest BCUT2D eigenvalue weighted by Crippen LogP contribution is 1.95. The van der Waals surface area contributed by atoms with Gasteiger partial charge in [-0.3, -0.25) is 9.69 Å². The summed E-state index contributed by atoms with van der Waals surface area (Å²) in [5, 5.41) is 8.67. The molecule has 0 saturated heterocycles. The summed E-state index contributed by atoms with van der Waals surface area (Å²) in [6.07, 6.45) is 0.970. The minimum Gasteiger partial charge on any atom is -0.480 e. The number of carboxylic acids is 1. The monoisotopic (exact) mass is 217 g/mol. The minimum atomic E-state index is -0.771. The molecule has 90 valence electrons. The van der Waals surface area contributed by atoms with Gasteiger partial charge in [-0.25, -0.2) is 0 Å². The van der Waals surface area contributed by atoms with E-state index in [1.165, 1.54) is 0 Å². The van der Waals surface area contributed by atoms with Crippen LogP contribution in [0.3, 0.4) is 0 Å². The molecule has 0 aromatic rings. The number of carbonyl (C=O) groups is 1. The highest BCUT2D eigenvalue weighted by molar-refractivity contribution is 5.69. The van der Waals surface area contributed by atoms with Crippen molar-refractivity contribution in [3.8, 4) is 0 Å². The number of rotatable bonds is 9. The van der Waals surface area contributed by atoms with E-state index in [1.54, 1.807) is 0 Å². The fourth-order valence-electron chi connectivity index (χ4n) is 1.29. The molecule has 0 amide bonds. The Morgan fingerprint density at radius 3 is 2.53 bits per heavy atom. The van der Waals surface area contributed by atoms with E-state index in [0.29, 0.717) is 19.1 Å². The van der Waals surface area contributed by atoms with E-state index in [0.717, 1.165) is 19.6 Å². The summed E-state index contributed by atoms with van der Waals surface area (Å²) in [5.74, 6) is -0.239. The molecule has 0 spiro atoms. The second-order valence-electron chi connectivity index (χ2n) is 4.14. The van der Waals surface area contributed by atoms with Crippen molar-refractivity contribution in [3.63, 3.8) is 0 Å². The second-order valence-corrected chi connectivity index (χ2v) is 4.14. The first kappa shape index (κ1) is 14.4. The highest BCUT2D eigenvalue weighted by Gasteiger charge is 2.08. The molecule has 4 heteroatoms. The van der Waals surface area contributed by atoms with Crippen LogP contribution >= 0.6 is 0 Å². The Balaban J connectivity index is 3.61. The molecule has 0 aliphatic heterocycles. The van der Waals surface area contributed by atoms with Gasteiger partial charge in [-0.2, -0.15) is 0 Å². The van der Waals surface area contributed by atoms with E-state index in [1.807, 2.05) is 11.8 Å². The molecule has 4 nitrogen and oxygen atoms in total. The van der Waals surface area contributed by atoms with Gasteiger partial charge in [0.25, 0.3) is 0 Å². The molecule has 0 radical (unpaired) electrons. The maximum Gasteiger partial charge on any atom is 0.317 e. The summed E-state index contributed by atoms with van der Waals surface area (Å²) in [4.78, 5) is 12.4. The number of hydrogen-bond donors (Lipinski definition) is 1. The van der Waals surface area contributed by atoms with Crippen molar-refractivity contribution < 1.29 is 14.6 Å². The van der Waals surface area contributed by atoms with Gasteiger partial charge in [0.05, 0.1) is 13.2 Å². The quantitative estimate of drug-likeness (QED) is 0.594. The van der Waals surface area contributed by atoms with Crippen molar-refractivity contribution in [2.75, 3.05) is 32.8 Å². The van der Waals surface area contributed by atoms with Gasteiger partial charge < -0.3 is 9.84 Å². The zero-order valence-electron chi connectivity index (χ0n) is 10.0. The van der Waals surface area contributed by atoms with Crippen LogP contribution in [0.2, 0.25) is 0 Å². The molecule has 0 aliphatic rings. The zero-order chi connectivity index (χ0) is 11.7. The third kappa shape index (κ3) is 9.69. The van der Waals surface area contributed by atoms with Crippen LogP contribution in [0.25, 0.3) is 0 Å². The molecule has 0 bridgehead atoms. The predicted molar refractivity (Wildman–Crippen MR) is 60.0 cm³/mol. The van der Waals surface area contributed by atoms with Crippen molar-refractivity contribution in [3.05, 3.63) is 0 Å². The maximum atomic E-state index is 10.5. The van der Waals surface area contributed by atoms with E-state index in [2.05, 4.69) is 13.8 Å². The Morgan fingerprint density at radius 1 is 1.40 bits per heavy atom. The standard InChI is InChI=1S/C11H23NO3/c1-4-5-12(8-11(13)14)6-7-15-9-10(2)3/h10H,4-9H2,1-3H3,(H,13,14). The van der Waals surface area contributed by atoms with Crippen LogP contribution < -0.4 is 0 Å². The molecular weight excluding hydrogens is 194 g/mol. The number of ether oxygens (including phenoxy) is 1. The Labute approximate surface area is 92.2 Å². The number of hydrogen-bond acceptors (Lipinski definition) is 3. The van der Waals surface area contributed by atoms with E-state index in [9.17, 15) is 4.79 Å². The Hall–Kier alpha value is -0.610. The van der Waals surface area contributed by atoms with Crippen LogP contribution in [0.15, 0.2) is 0 Å². The van der Waals surface area contributed by atoms with Gasteiger partial charge in [0.2, 0.25) is 0 Å². The smallest absolute Gasteiger partial charge is 0.317 e. The van der Waals surface area contributed by atoms with Crippen LogP contribution in [0.4, 0.5) is 0 Å². The Morgan fingerprint density at radius 2 is 2.07 bits per heavy atom. The normalized spacial score (nSPS) is 11.3. The first-order chi connectivity index (χ1) is 7.06. The van der Waals surface area contributed by atoms with E-state index >= 15 is 0 Å². The van der Waals surface area contributed by atoms with Crippen LogP contribution in [0.5, 0.6) is 0 Å². The number of nitrogens with zero attached hydrogens (tertiary/aromatic N) is 1. The first-order valence-corrected chi connectivity index (χ1v) is 5.58. The number of carboxylic acid groups (broad SMARTS) is 1. The lowest BCUT2D eigenvalue weighted by Gasteiger charge is -2.19. The zero-order valence-corrected chi connectivity index (χ0v) is 10.0. The van der Waals surface area contributed by atoms with E-state index < -0.39 is 5.97 Å². The molecule has 0 fully saturated rings. The van der Waals surface area contributed by atoms with E-state index in [4.69, 9.17) is 9.84 Å². The predicted octanol–water partition coefficient (Wildman–Crippen LogP) is 1.46. The maximum absolute atomic E-state index is 10.5. The molecule has 1 N–H and O–H groups in total. The largest absolute Gasteiger partial charge is 0.480 e. The minimum absolute atomic E-state index is 0.110. The van der Waals surface area contributed by atoms with Crippen molar-refractivity contribution in [2.24, 2.45) is 5.92 Å². The van der Waals surface area contributed by atoms with Gasteiger partial charge in [0.1, 0.15) is 0 Å².